The molecule has 0 heterocycles. The van der Waals surface area contributed by atoms with Gasteiger partial charge in [-0.1, -0.05) is 19.4 Å². The highest BCUT2D eigenvalue weighted by Crippen LogP contribution is 2.66. The normalized spacial score (nSPS) is 44.8. The molecule has 0 saturated heterocycles. The van der Waals surface area contributed by atoms with Gasteiger partial charge in [0.05, 0.1) is 6.10 Å². The summed E-state index contributed by atoms with van der Waals surface area (Å²) in [6, 6.07) is 0. The Morgan fingerprint density at radius 1 is 1.21 bits per heavy atom. The van der Waals surface area contributed by atoms with Crippen molar-refractivity contribution in [3.63, 3.8) is 0 Å². The molecule has 4 aliphatic rings. The highest BCUT2D eigenvalue weighted by molar-refractivity contribution is 5.91. The molecule has 0 aliphatic heterocycles. The maximum Gasteiger partial charge on any atom is 0.303 e. The van der Waals surface area contributed by atoms with Crippen molar-refractivity contribution >= 4 is 17.5 Å². The van der Waals surface area contributed by atoms with E-state index in [1.54, 1.807) is 0 Å². The van der Waals surface area contributed by atoms with E-state index >= 15 is 0 Å². The topological polar surface area (TPSA) is 80.7 Å². The van der Waals surface area contributed by atoms with Gasteiger partial charge in [-0.15, -0.1) is 0 Å². The van der Waals surface area contributed by atoms with Gasteiger partial charge in [-0.2, -0.15) is 0 Å². The van der Waals surface area contributed by atoms with Crippen LogP contribution in [0.4, 0.5) is 0 Å². The van der Waals surface area contributed by atoms with Gasteiger partial charge in [-0.05, 0) is 73.2 Å². The van der Waals surface area contributed by atoms with Crippen LogP contribution in [0, 0.1) is 34.5 Å². The third kappa shape index (κ3) is 2.89. The van der Waals surface area contributed by atoms with E-state index in [9.17, 15) is 19.5 Å². The van der Waals surface area contributed by atoms with Crippen LogP contribution in [0.2, 0.25) is 0 Å². The Morgan fingerprint density at radius 3 is 2.68 bits per heavy atom. The molecule has 154 valence electrons. The first-order valence-corrected chi connectivity index (χ1v) is 10.7. The molecular formula is C23H32O5. The number of ketones is 2. The summed E-state index contributed by atoms with van der Waals surface area (Å²) in [5.41, 5.74) is 0.894. The Labute approximate surface area is 166 Å². The summed E-state index contributed by atoms with van der Waals surface area (Å²) in [6.45, 7) is 5.58. The zero-order valence-electron chi connectivity index (χ0n) is 17.2. The molecule has 28 heavy (non-hydrogen) atoms. The predicted molar refractivity (Wildman–Crippen MR) is 103 cm³/mol. The van der Waals surface area contributed by atoms with Gasteiger partial charge in [0.1, 0.15) is 6.61 Å². The van der Waals surface area contributed by atoms with Gasteiger partial charge < -0.3 is 9.84 Å². The zero-order valence-corrected chi connectivity index (χ0v) is 17.2. The second-order valence-electron chi connectivity index (χ2n) is 10.0. The molecule has 0 aromatic carbocycles. The van der Waals surface area contributed by atoms with E-state index in [4.69, 9.17) is 4.74 Å². The van der Waals surface area contributed by atoms with Crippen LogP contribution in [0.3, 0.4) is 0 Å². The summed E-state index contributed by atoms with van der Waals surface area (Å²) in [5, 5.41) is 11.3. The van der Waals surface area contributed by atoms with Crippen LogP contribution in [0.25, 0.3) is 0 Å². The fourth-order valence-corrected chi connectivity index (χ4v) is 7.49. The number of hydrogen-bond acceptors (Lipinski definition) is 5. The first-order valence-electron chi connectivity index (χ1n) is 10.7. The number of allylic oxidation sites excluding steroid dienone is 1. The van der Waals surface area contributed by atoms with Crippen LogP contribution in [0.15, 0.2) is 11.6 Å². The molecule has 5 heteroatoms. The smallest absolute Gasteiger partial charge is 0.303 e. The van der Waals surface area contributed by atoms with Crippen molar-refractivity contribution < 1.29 is 24.2 Å². The van der Waals surface area contributed by atoms with E-state index < -0.39 is 12.1 Å². The number of aliphatic hydroxyl groups is 1. The number of rotatable bonds is 3. The van der Waals surface area contributed by atoms with Crippen molar-refractivity contribution in [3.05, 3.63) is 11.6 Å². The van der Waals surface area contributed by atoms with Crippen LogP contribution in [0.5, 0.6) is 0 Å². The molecule has 3 saturated carbocycles. The third-order valence-corrected chi connectivity index (χ3v) is 8.70. The van der Waals surface area contributed by atoms with E-state index in [1.807, 2.05) is 6.08 Å². The van der Waals surface area contributed by atoms with Gasteiger partial charge in [0, 0.05) is 19.3 Å². The number of fused-ring (bicyclic) bond motifs is 5. The summed E-state index contributed by atoms with van der Waals surface area (Å²) >= 11 is 0. The van der Waals surface area contributed by atoms with Gasteiger partial charge in [-0.25, -0.2) is 0 Å². The average Bonchev–Trinajstić information content (AvgIpc) is 2.96. The minimum absolute atomic E-state index is 0.00304. The maximum atomic E-state index is 12.8. The number of Topliss-reactive ketones (excluding diaryl/α,β-unsaturated/α-hetero) is 1. The molecule has 0 aromatic heterocycles. The minimum Gasteiger partial charge on any atom is -0.458 e. The Kier molecular flexibility index (Phi) is 4.80. The predicted octanol–water partition coefficient (Wildman–Crippen LogP) is 3.24. The first kappa shape index (κ1) is 19.8. The van der Waals surface area contributed by atoms with Crippen molar-refractivity contribution in [2.75, 3.05) is 6.61 Å². The number of esters is 1. The van der Waals surface area contributed by atoms with E-state index in [0.29, 0.717) is 24.7 Å². The monoisotopic (exact) mass is 388 g/mol. The molecule has 5 nitrogen and oxygen atoms in total. The Bertz CT molecular complexity index is 739. The Balaban J connectivity index is 1.61. The van der Waals surface area contributed by atoms with Gasteiger partial charge in [-0.3, -0.25) is 14.4 Å². The summed E-state index contributed by atoms with van der Waals surface area (Å²) in [6.07, 6.45) is 7.12. The van der Waals surface area contributed by atoms with Gasteiger partial charge in [0.25, 0.3) is 0 Å². The molecule has 2 unspecified atom stereocenters. The molecule has 0 amide bonds. The summed E-state index contributed by atoms with van der Waals surface area (Å²) < 4.78 is 4.98. The number of ether oxygens (including phenoxy) is 1. The van der Waals surface area contributed by atoms with Gasteiger partial charge >= 0.3 is 5.97 Å². The van der Waals surface area contributed by atoms with Crippen LogP contribution in [-0.2, 0) is 19.1 Å². The minimum atomic E-state index is -0.463. The molecule has 3 fully saturated rings. The fourth-order valence-electron chi connectivity index (χ4n) is 7.49. The van der Waals surface area contributed by atoms with E-state index in [2.05, 4.69) is 13.8 Å². The Morgan fingerprint density at radius 2 is 1.96 bits per heavy atom. The van der Waals surface area contributed by atoms with Crippen LogP contribution in [-0.4, -0.2) is 35.4 Å². The van der Waals surface area contributed by atoms with Gasteiger partial charge in [0.15, 0.2) is 11.6 Å². The second-order valence-corrected chi connectivity index (χ2v) is 10.0. The van der Waals surface area contributed by atoms with Crippen molar-refractivity contribution in [2.45, 2.75) is 71.8 Å². The van der Waals surface area contributed by atoms with Gasteiger partial charge in [0.2, 0.25) is 0 Å². The number of aliphatic hydroxyl groups excluding tert-OH is 1. The number of carbonyl (C=O) groups is 3. The lowest BCUT2D eigenvalue weighted by Gasteiger charge is -2.59. The highest BCUT2D eigenvalue weighted by atomic mass is 16.5. The van der Waals surface area contributed by atoms with Crippen molar-refractivity contribution in [2.24, 2.45) is 34.5 Å². The lowest BCUT2D eigenvalue weighted by atomic mass is 9.46. The quantitative estimate of drug-likeness (QED) is 0.751. The second kappa shape index (κ2) is 6.79. The third-order valence-electron chi connectivity index (χ3n) is 8.70. The lowest BCUT2D eigenvalue weighted by molar-refractivity contribution is -0.154. The van der Waals surface area contributed by atoms with Crippen molar-refractivity contribution in [1.29, 1.82) is 0 Å². The molecule has 1 N–H and O–H groups in total. The van der Waals surface area contributed by atoms with E-state index in [1.165, 1.54) is 12.5 Å². The highest BCUT2D eigenvalue weighted by Gasteiger charge is 2.62. The number of hydrogen-bond donors (Lipinski definition) is 1. The SMILES string of the molecule is CC(=O)OCC(=O)[C@H]1CC[C@H]2C3CCC4=CC(=O)CC[C@]4(C)C3[C@@H](O)C[C@]12C. The lowest BCUT2D eigenvalue weighted by Crippen LogP contribution is -2.57. The molecule has 0 aromatic rings. The standard InChI is InChI=1S/C23H32O5/c1-13(24)28-12-20(27)18-7-6-17-16-5-4-14-10-15(25)8-9-22(14,2)21(16)19(26)11-23(17,18)3/h10,16-19,21,26H,4-9,11-12H2,1-3H3/t16?,17-,18+,19-,21?,22-,23-/m0/s1. The number of carbonyl (C=O) groups excluding carboxylic acids is 3. The molecule has 4 aliphatic carbocycles. The average molecular weight is 389 g/mol. The van der Waals surface area contributed by atoms with Crippen LogP contribution in [0.1, 0.15) is 65.7 Å². The molecular weight excluding hydrogens is 356 g/mol. The van der Waals surface area contributed by atoms with Crippen molar-refractivity contribution in [1.82, 2.24) is 0 Å². The molecule has 0 spiro atoms. The Hall–Kier alpha value is -1.49. The van der Waals surface area contributed by atoms with Crippen LogP contribution >= 0.6 is 0 Å². The van der Waals surface area contributed by atoms with E-state index in [0.717, 1.165) is 32.1 Å². The summed E-state index contributed by atoms with van der Waals surface area (Å²) in [4.78, 5) is 35.9. The molecule has 4 rings (SSSR count). The molecule has 0 bridgehead atoms. The maximum absolute atomic E-state index is 12.8. The summed E-state index contributed by atoms with van der Waals surface area (Å²) in [5.74, 6) is 0.600. The van der Waals surface area contributed by atoms with Crippen LogP contribution < -0.4 is 0 Å². The largest absolute Gasteiger partial charge is 0.458 e. The summed E-state index contributed by atoms with van der Waals surface area (Å²) in [7, 11) is 0. The molecule has 7 atom stereocenters. The molecule has 0 radical (unpaired) electrons. The zero-order chi connectivity index (χ0) is 20.3. The first-order chi connectivity index (χ1) is 13.2. The fraction of sp³-hybridized carbons (Fsp3) is 0.783. The van der Waals surface area contributed by atoms with Crippen molar-refractivity contribution in [3.8, 4) is 0 Å². The van der Waals surface area contributed by atoms with E-state index in [-0.39, 0.29) is 40.8 Å².